The molecular weight excluding hydrogens is 254 g/mol. The van der Waals surface area contributed by atoms with Gasteiger partial charge in [-0.25, -0.2) is 0 Å². The van der Waals surface area contributed by atoms with Gasteiger partial charge in [0.15, 0.2) is 5.76 Å². The summed E-state index contributed by atoms with van der Waals surface area (Å²) in [6, 6.07) is 3.86. The van der Waals surface area contributed by atoms with Gasteiger partial charge in [0.05, 0.1) is 12.0 Å². The van der Waals surface area contributed by atoms with Crippen molar-refractivity contribution in [1.82, 2.24) is 15.5 Å². The van der Waals surface area contributed by atoms with E-state index in [2.05, 4.69) is 15.5 Å². The van der Waals surface area contributed by atoms with E-state index in [9.17, 15) is 4.79 Å². The number of carbonyl (C=O) groups excluding carboxylic acids is 1. The van der Waals surface area contributed by atoms with E-state index in [1.54, 1.807) is 12.1 Å². The Hall–Kier alpha value is -1.76. The fourth-order valence-corrected chi connectivity index (χ4v) is 1.97. The van der Waals surface area contributed by atoms with E-state index in [1.165, 1.54) is 18.0 Å². The fraction of sp³-hybridized carbons (Fsp3) is 0.364. The number of amides is 1. The third-order valence-corrected chi connectivity index (χ3v) is 3.23. The van der Waals surface area contributed by atoms with Crippen LogP contribution in [0, 0.1) is 0 Å². The predicted octanol–water partition coefficient (Wildman–Crippen LogP) is 1.70. The van der Waals surface area contributed by atoms with Crippen LogP contribution in [0.3, 0.4) is 0 Å². The number of rotatable bonds is 5. The van der Waals surface area contributed by atoms with Crippen molar-refractivity contribution in [2.24, 2.45) is 0 Å². The van der Waals surface area contributed by atoms with Crippen LogP contribution >= 0.6 is 11.8 Å². The minimum atomic E-state index is 0.000230. The lowest BCUT2D eigenvalue weighted by Gasteiger charge is -1.99. The topological polar surface area (TPSA) is 81.2 Å². The number of nitrogens with one attached hydrogen (secondary N) is 1. The highest BCUT2D eigenvalue weighted by molar-refractivity contribution is 7.99. The molecule has 1 aliphatic carbocycles. The van der Waals surface area contributed by atoms with E-state index >= 15 is 0 Å². The summed E-state index contributed by atoms with van der Waals surface area (Å²) in [4.78, 5) is 11.5. The average molecular weight is 265 g/mol. The minimum absolute atomic E-state index is 0.000230. The molecular formula is C11H11N3O3S. The van der Waals surface area contributed by atoms with Crippen LogP contribution in [0.15, 0.2) is 32.5 Å². The number of aromatic nitrogens is 2. The molecule has 0 spiro atoms. The van der Waals surface area contributed by atoms with Gasteiger partial charge in [0.2, 0.25) is 5.91 Å². The molecule has 1 saturated carbocycles. The van der Waals surface area contributed by atoms with Crippen LogP contribution in [0.5, 0.6) is 0 Å². The molecule has 7 heteroatoms. The lowest BCUT2D eigenvalue weighted by molar-refractivity contribution is -0.118. The Morgan fingerprint density at radius 1 is 1.50 bits per heavy atom. The average Bonchev–Trinajstić information content (AvgIpc) is 2.87. The van der Waals surface area contributed by atoms with Crippen LogP contribution in [0.4, 0.5) is 0 Å². The molecule has 2 aromatic rings. The molecule has 1 amide bonds. The zero-order valence-electron chi connectivity index (χ0n) is 9.46. The fourth-order valence-electron chi connectivity index (χ4n) is 1.39. The van der Waals surface area contributed by atoms with Gasteiger partial charge in [0.25, 0.3) is 11.1 Å². The molecule has 3 rings (SSSR count). The standard InChI is InChI=1S/C11H11N3O3S/c15-9(12-7-3-4-7)6-18-11-14-13-10(17-11)8-2-1-5-16-8/h1-2,5,7H,3-4,6H2,(H,12,15). The summed E-state index contributed by atoms with van der Waals surface area (Å²) < 4.78 is 10.5. The zero-order valence-corrected chi connectivity index (χ0v) is 10.3. The molecule has 0 saturated heterocycles. The van der Waals surface area contributed by atoms with Crippen molar-refractivity contribution in [3.05, 3.63) is 18.4 Å². The summed E-state index contributed by atoms with van der Waals surface area (Å²) in [7, 11) is 0. The monoisotopic (exact) mass is 265 g/mol. The first-order chi connectivity index (χ1) is 8.81. The maximum atomic E-state index is 11.5. The first kappa shape index (κ1) is 11.3. The molecule has 0 radical (unpaired) electrons. The molecule has 0 atom stereocenters. The number of hydrogen-bond acceptors (Lipinski definition) is 6. The number of nitrogens with zero attached hydrogens (tertiary/aromatic N) is 2. The van der Waals surface area contributed by atoms with E-state index in [0.29, 0.717) is 22.9 Å². The van der Waals surface area contributed by atoms with E-state index in [-0.39, 0.29) is 11.7 Å². The van der Waals surface area contributed by atoms with E-state index in [4.69, 9.17) is 8.83 Å². The summed E-state index contributed by atoms with van der Waals surface area (Å²) >= 11 is 1.22. The van der Waals surface area contributed by atoms with Crippen LogP contribution in [0.2, 0.25) is 0 Å². The Kier molecular flexibility index (Phi) is 3.06. The van der Waals surface area contributed by atoms with Gasteiger partial charge < -0.3 is 14.2 Å². The molecule has 94 valence electrons. The highest BCUT2D eigenvalue weighted by atomic mass is 32.2. The third kappa shape index (κ3) is 2.73. The van der Waals surface area contributed by atoms with Crippen molar-refractivity contribution in [2.75, 3.05) is 5.75 Å². The van der Waals surface area contributed by atoms with Crippen molar-refractivity contribution in [3.8, 4) is 11.7 Å². The van der Waals surface area contributed by atoms with Gasteiger partial charge in [0, 0.05) is 6.04 Å². The van der Waals surface area contributed by atoms with Crippen LogP contribution in [0.25, 0.3) is 11.7 Å². The first-order valence-corrected chi connectivity index (χ1v) is 6.59. The lowest BCUT2D eigenvalue weighted by Crippen LogP contribution is -2.26. The van der Waals surface area contributed by atoms with Gasteiger partial charge in [-0.15, -0.1) is 10.2 Å². The Balaban J connectivity index is 1.55. The second-order valence-corrected chi connectivity index (χ2v) is 4.91. The Bertz CT molecular complexity index is 533. The summed E-state index contributed by atoms with van der Waals surface area (Å²) in [5, 5.41) is 11.0. The largest absolute Gasteiger partial charge is 0.459 e. The second-order valence-electron chi connectivity index (χ2n) is 3.98. The molecule has 1 fully saturated rings. The maximum Gasteiger partial charge on any atom is 0.284 e. The molecule has 1 N–H and O–H groups in total. The van der Waals surface area contributed by atoms with Gasteiger partial charge in [-0.1, -0.05) is 11.8 Å². The lowest BCUT2D eigenvalue weighted by atomic mass is 10.5. The van der Waals surface area contributed by atoms with Crippen LogP contribution in [-0.2, 0) is 4.79 Å². The molecule has 2 aromatic heterocycles. The normalized spacial score (nSPS) is 14.7. The molecule has 18 heavy (non-hydrogen) atoms. The van der Waals surface area contributed by atoms with Crippen molar-refractivity contribution in [2.45, 2.75) is 24.1 Å². The highest BCUT2D eigenvalue weighted by Crippen LogP contribution is 2.23. The predicted molar refractivity (Wildman–Crippen MR) is 63.9 cm³/mol. The summed E-state index contributed by atoms with van der Waals surface area (Å²) in [5.41, 5.74) is 0. The van der Waals surface area contributed by atoms with Crippen LogP contribution in [-0.4, -0.2) is 27.9 Å². The smallest absolute Gasteiger partial charge is 0.284 e. The highest BCUT2D eigenvalue weighted by Gasteiger charge is 2.23. The van der Waals surface area contributed by atoms with E-state index < -0.39 is 0 Å². The molecule has 0 bridgehead atoms. The second kappa shape index (κ2) is 4.85. The van der Waals surface area contributed by atoms with Gasteiger partial charge in [0.1, 0.15) is 0 Å². The Labute approximate surface area is 107 Å². The minimum Gasteiger partial charge on any atom is -0.459 e. The maximum absolute atomic E-state index is 11.5. The number of thioether (sulfide) groups is 1. The van der Waals surface area contributed by atoms with Crippen LogP contribution in [0.1, 0.15) is 12.8 Å². The van der Waals surface area contributed by atoms with E-state index in [1.807, 2.05) is 0 Å². The van der Waals surface area contributed by atoms with Crippen molar-refractivity contribution in [1.29, 1.82) is 0 Å². The van der Waals surface area contributed by atoms with Gasteiger partial charge >= 0.3 is 0 Å². The Morgan fingerprint density at radius 2 is 2.39 bits per heavy atom. The quantitative estimate of drug-likeness (QED) is 0.829. The number of hydrogen-bond donors (Lipinski definition) is 1. The summed E-state index contributed by atoms with van der Waals surface area (Å²) in [6.07, 6.45) is 3.70. The van der Waals surface area contributed by atoms with Gasteiger partial charge in [-0.05, 0) is 25.0 Å². The molecule has 1 aliphatic rings. The van der Waals surface area contributed by atoms with Crippen molar-refractivity contribution in [3.63, 3.8) is 0 Å². The van der Waals surface area contributed by atoms with Crippen molar-refractivity contribution >= 4 is 17.7 Å². The molecule has 0 aromatic carbocycles. The summed E-state index contributed by atoms with van der Waals surface area (Å²) in [5.74, 6) is 1.14. The summed E-state index contributed by atoms with van der Waals surface area (Å²) in [6.45, 7) is 0. The molecule has 6 nitrogen and oxygen atoms in total. The number of carbonyl (C=O) groups is 1. The Morgan fingerprint density at radius 3 is 3.11 bits per heavy atom. The van der Waals surface area contributed by atoms with E-state index in [0.717, 1.165) is 12.8 Å². The van der Waals surface area contributed by atoms with Gasteiger partial charge in [-0.3, -0.25) is 4.79 Å². The SMILES string of the molecule is O=C(CSc1nnc(-c2ccco2)o1)NC1CC1. The van der Waals surface area contributed by atoms with Gasteiger partial charge in [-0.2, -0.15) is 0 Å². The third-order valence-electron chi connectivity index (χ3n) is 2.41. The molecule has 2 heterocycles. The number of furan rings is 1. The molecule has 0 aliphatic heterocycles. The zero-order chi connectivity index (χ0) is 12.4. The first-order valence-electron chi connectivity index (χ1n) is 5.61. The van der Waals surface area contributed by atoms with Crippen LogP contribution < -0.4 is 5.32 Å². The molecule has 0 unspecified atom stereocenters. The van der Waals surface area contributed by atoms with Crippen molar-refractivity contribution < 1.29 is 13.6 Å².